The molecule has 0 heterocycles. The van der Waals surface area contributed by atoms with E-state index in [4.69, 9.17) is 5.11 Å². The smallest absolute Gasteiger partial charge is 0.292 e. The number of halogens is 2. The molecule has 5 nitrogen and oxygen atoms in total. The summed E-state index contributed by atoms with van der Waals surface area (Å²) in [4.78, 5) is 10.4. The van der Waals surface area contributed by atoms with Crippen LogP contribution in [-0.4, -0.2) is 10.0 Å². The van der Waals surface area contributed by atoms with Crippen molar-refractivity contribution in [3.8, 4) is 5.75 Å². The highest BCUT2D eigenvalue weighted by Crippen LogP contribution is 2.27. The number of hydrogen-bond donors (Lipinski definition) is 2. The Labute approximate surface area is 119 Å². The molecule has 0 saturated carbocycles. The Hall–Kier alpha value is -2.70. The van der Waals surface area contributed by atoms with Gasteiger partial charge in [-0.05, 0) is 36.2 Å². The molecule has 2 aromatic carbocycles. The first-order valence-electron chi connectivity index (χ1n) is 6.04. The van der Waals surface area contributed by atoms with E-state index in [2.05, 4.69) is 5.32 Å². The maximum Gasteiger partial charge on any atom is 0.292 e. The van der Waals surface area contributed by atoms with E-state index in [0.717, 1.165) is 17.7 Å². The van der Waals surface area contributed by atoms with Gasteiger partial charge < -0.3 is 10.4 Å². The third-order valence-electron chi connectivity index (χ3n) is 2.91. The van der Waals surface area contributed by atoms with Crippen LogP contribution in [0.2, 0.25) is 0 Å². The first kappa shape index (κ1) is 14.7. The average Bonchev–Trinajstić information content (AvgIpc) is 2.42. The minimum absolute atomic E-state index is 0.0155. The van der Waals surface area contributed by atoms with Crippen molar-refractivity contribution in [2.75, 3.05) is 5.32 Å². The summed E-state index contributed by atoms with van der Waals surface area (Å²) < 4.78 is 26.4. The van der Waals surface area contributed by atoms with E-state index in [1.54, 1.807) is 19.1 Å². The molecule has 0 fully saturated rings. The molecule has 0 atom stereocenters. The van der Waals surface area contributed by atoms with E-state index in [1.165, 1.54) is 6.07 Å². The Balaban J connectivity index is 2.24. The van der Waals surface area contributed by atoms with Crippen LogP contribution in [0.25, 0.3) is 0 Å². The third-order valence-corrected chi connectivity index (χ3v) is 2.91. The highest BCUT2D eigenvalue weighted by atomic mass is 19.1. The number of phenols is 1. The normalized spacial score (nSPS) is 10.4. The lowest BCUT2D eigenvalue weighted by molar-refractivity contribution is -0.384. The van der Waals surface area contributed by atoms with E-state index >= 15 is 0 Å². The zero-order valence-electron chi connectivity index (χ0n) is 11.1. The number of nitrogens with zero attached hydrogens (tertiary/aromatic N) is 1. The van der Waals surface area contributed by atoms with Crippen molar-refractivity contribution in [1.29, 1.82) is 0 Å². The summed E-state index contributed by atoms with van der Waals surface area (Å²) in [5, 5.41) is 22.7. The summed E-state index contributed by atoms with van der Waals surface area (Å²) in [6.45, 7) is 1.76. The molecule has 0 amide bonds. The number of aromatic hydroxyl groups is 1. The van der Waals surface area contributed by atoms with Gasteiger partial charge in [0.05, 0.1) is 4.92 Å². The van der Waals surface area contributed by atoms with E-state index in [1.807, 2.05) is 0 Å². The van der Waals surface area contributed by atoms with Crippen molar-refractivity contribution in [1.82, 2.24) is 0 Å². The van der Waals surface area contributed by atoms with Gasteiger partial charge >= 0.3 is 0 Å². The predicted molar refractivity (Wildman–Crippen MR) is 73.2 cm³/mol. The summed E-state index contributed by atoms with van der Waals surface area (Å²) in [6.07, 6.45) is 0. The van der Waals surface area contributed by atoms with Crippen molar-refractivity contribution >= 4 is 11.4 Å². The highest BCUT2D eigenvalue weighted by molar-refractivity contribution is 5.62. The topological polar surface area (TPSA) is 75.4 Å². The summed E-state index contributed by atoms with van der Waals surface area (Å²) in [5.74, 6) is -3.20. The molecule has 0 unspecified atom stereocenters. The molecule has 2 aromatic rings. The minimum Gasteiger partial charge on any atom is -0.503 e. The molecule has 0 aliphatic rings. The van der Waals surface area contributed by atoms with Crippen LogP contribution in [0.4, 0.5) is 20.2 Å². The van der Waals surface area contributed by atoms with Gasteiger partial charge in [0.2, 0.25) is 0 Å². The van der Waals surface area contributed by atoms with Gasteiger partial charge in [-0.3, -0.25) is 10.1 Å². The van der Waals surface area contributed by atoms with E-state index in [0.29, 0.717) is 0 Å². The van der Waals surface area contributed by atoms with Crippen LogP contribution in [0.3, 0.4) is 0 Å². The predicted octanol–water partition coefficient (Wildman–Crippen LogP) is 3.50. The second-order valence-electron chi connectivity index (χ2n) is 4.54. The Kier molecular flexibility index (Phi) is 4.02. The Morgan fingerprint density at radius 3 is 2.43 bits per heavy atom. The standard InChI is InChI=1S/C14H12F2N2O3/c1-8-2-3-13(18(20)21)12(4-8)17-7-9-5-10(15)14(19)11(16)6-9/h2-6,17,19H,7H2,1H3. The maximum atomic E-state index is 13.2. The van der Waals surface area contributed by atoms with Gasteiger partial charge in [0, 0.05) is 12.6 Å². The first-order chi connectivity index (χ1) is 9.88. The lowest BCUT2D eigenvalue weighted by atomic mass is 10.1. The number of benzene rings is 2. The summed E-state index contributed by atoms with van der Waals surface area (Å²) >= 11 is 0. The minimum atomic E-state index is -1.08. The monoisotopic (exact) mass is 294 g/mol. The third kappa shape index (κ3) is 3.25. The van der Waals surface area contributed by atoms with Crippen LogP contribution in [0.5, 0.6) is 5.75 Å². The van der Waals surface area contributed by atoms with Gasteiger partial charge in [0.25, 0.3) is 5.69 Å². The summed E-state index contributed by atoms with van der Waals surface area (Å²) in [7, 11) is 0. The molecule has 21 heavy (non-hydrogen) atoms. The van der Waals surface area contributed by atoms with Crippen LogP contribution >= 0.6 is 0 Å². The van der Waals surface area contributed by atoms with Crippen molar-refractivity contribution in [3.63, 3.8) is 0 Å². The van der Waals surface area contributed by atoms with Crippen molar-refractivity contribution in [2.24, 2.45) is 0 Å². The first-order valence-corrected chi connectivity index (χ1v) is 6.04. The molecule has 0 radical (unpaired) electrons. The van der Waals surface area contributed by atoms with Crippen LogP contribution in [-0.2, 0) is 6.54 Å². The highest BCUT2D eigenvalue weighted by Gasteiger charge is 2.14. The van der Waals surface area contributed by atoms with Gasteiger partial charge in [0.1, 0.15) is 5.69 Å². The molecule has 110 valence electrons. The maximum absolute atomic E-state index is 13.2. The molecule has 0 aliphatic heterocycles. The molecule has 0 aliphatic carbocycles. The number of nitro groups is 1. The number of anilines is 1. The fourth-order valence-electron chi connectivity index (χ4n) is 1.87. The summed E-state index contributed by atoms with van der Waals surface area (Å²) in [5.41, 5.74) is 1.17. The van der Waals surface area contributed by atoms with E-state index in [9.17, 15) is 18.9 Å². The van der Waals surface area contributed by atoms with Crippen molar-refractivity contribution in [2.45, 2.75) is 13.5 Å². The zero-order chi connectivity index (χ0) is 15.6. The molecule has 0 spiro atoms. The lowest BCUT2D eigenvalue weighted by Crippen LogP contribution is -2.04. The molecule has 2 N–H and O–H groups in total. The van der Waals surface area contributed by atoms with Gasteiger partial charge in [-0.1, -0.05) is 6.07 Å². The molecule has 7 heteroatoms. The second-order valence-corrected chi connectivity index (χ2v) is 4.54. The second kappa shape index (κ2) is 5.74. The lowest BCUT2D eigenvalue weighted by Gasteiger charge is -2.09. The molecular formula is C14H12F2N2O3. The molecule has 0 aromatic heterocycles. The number of aryl methyl sites for hydroxylation is 1. The van der Waals surface area contributed by atoms with Crippen LogP contribution in [0, 0.1) is 28.7 Å². The Morgan fingerprint density at radius 1 is 1.24 bits per heavy atom. The fraction of sp³-hybridized carbons (Fsp3) is 0.143. The SMILES string of the molecule is Cc1ccc([N+](=O)[O-])c(NCc2cc(F)c(O)c(F)c2)c1. The number of nitro benzene ring substituents is 1. The molecule has 0 saturated heterocycles. The van der Waals surface area contributed by atoms with Crippen LogP contribution < -0.4 is 5.32 Å². The van der Waals surface area contributed by atoms with Crippen molar-refractivity contribution in [3.05, 3.63) is 63.2 Å². The molecule has 2 rings (SSSR count). The number of phenolic OH excluding ortho intramolecular Hbond substituents is 1. The van der Waals surface area contributed by atoms with Gasteiger partial charge in [-0.2, -0.15) is 0 Å². The van der Waals surface area contributed by atoms with Crippen molar-refractivity contribution < 1.29 is 18.8 Å². The van der Waals surface area contributed by atoms with E-state index < -0.39 is 22.3 Å². The van der Waals surface area contributed by atoms with Gasteiger partial charge in [-0.25, -0.2) is 8.78 Å². The number of nitrogens with one attached hydrogen (secondary N) is 1. The molecule has 0 bridgehead atoms. The Bertz CT molecular complexity index is 682. The number of hydrogen-bond acceptors (Lipinski definition) is 4. The van der Waals surface area contributed by atoms with Crippen LogP contribution in [0.15, 0.2) is 30.3 Å². The van der Waals surface area contributed by atoms with Gasteiger partial charge in [-0.15, -0.1) is 0 Å². The van der Waals surface area contributed by atoms with E-state index in [-0.39, 0.29) is 23.5 Å². The van der Waals surface area contributed by atoms with Gasteiger partial charge in [0.15, 0.2) is 17.4 Å². The summed E-state index contributed by atoms with van der Waals surface area (Å²) in [6, 6.07) is 6.46. The number of rotatable bonds is 4. The quantitative estimate of drug-likeness (QED) is 0.668. The molecular weight excluding hydrogens is 282 g/mol. The largest absolute Gasteiger partial charge is 0.503 e. The fourth-order valence-corrected chi connectivity index (χ4v) is 1.87. The average molecular weight is 294 g/mol. The Morgan fingerprint density at radius 2 is 1.86 bits per heavy atom. The van der Waals surface area contributed by atoms with Crippen LogP contribution in [0.1, 0.15) is 11.1 Å². The zero-order valence-corrected chi connectivity index (χ0v) is 11.1.